The van der Waals surface area contributed by atoms with Crippen LogP contribution in [0.5, 0.6) is 5.75 Å². The highest BCUT2D eigenvalue weighted by atomic mass is 35.5. The summed E-state index contributed by atoms with van der Waals surface area (Å²) in [4.78, 5) is 8.75. The van der Waals surface area contributed by atoms with E-state index in [2.05, 4.69) is 33.2 Å². The molecule has 136 valence electrons. The van der Waals surface area contributed by atoms with Gasteiger partial charge in [0, 0.05) is 17.5 Å². The van der Waals surface area contributed by atoms with Crippen LogP contribution in [0.2, 0.25) is 5.02 Å². The van der Waals surface area contributed by atoms with E-state index < -0.39 is 0 Å². The monoisotopic (exact) mass is 397 g/mol. The minimum Gasteiger partial charge on any atom is -0.486 e. The maximum atomic E-state index is 5.89. The third kappa shape index (κ3) is 3.89. The summed E-state index contributed by atoms with van der Waals surface area (Å²) in [7, 11) is 1.91. The lowest BCUT2D eigenvalue weighted by atomic mass is 10.2. The normalized spacial score (nSPS) is 11.1. The van der Waals surface area contributed by atoms with Crippen LogP contribution in [0.25, 0.3) is 10.9 Å². The molecule has 0 spiro atoms. The van der Waals surface area contributed by atoms with Crippen LogP contribution in [0.15, 0.2) is 59.0 Å². The van der Waals surface area contributed by atoms with Gasteiger partial charge in [-0.3, -0.25) is 0 Å². The number of rotatable bonds is 5. The number of hydrogen-bond donors (Lipinski definition) is 0. The molecule has 4 rings (SSSR count). The summed E-state index contributed by atoms with van der Waals surface area (Å²) >= 11 is 7.35. The third-order valence-electron chi connectivity index (χ3n) is 4.05. The van der Waals surface area contributed by atoms with Crippen molar-refractivity contribution < 1.29 is 4.74 Å². The van der Waals surface area contributed by atoms with Gasteiger partial charge in [-0.25, -0.2) is 9.97 Å². The predicted octanol–water partition coefficient (Wildman–Crippen LogP) is 4.45. The van der Waals surface area contributed by atoms with Gasteiger partial charge in [0.05, 0.1) is 5.52 Å². The molecule has 6 nitrogen and oxygen atoms in total. The molecule has 0 aliphatic carbocycles. The Morgan fingerprint density at radius 1 is 1.07 bits per heavy atom. The summed E-state index contributed by atoms with van der Waals surface area (Å²) < 4.78 is 7.67. The van der Waals surface area contributed by atoms with Crippen LogP contribution in [0.4, 0.5) is 0 Å². The maximum absolute atomic E-state index is 5.89. The van der Waals surface area contributed by atoms with Crippen molar-refractivity contribution in [2.45, 2.75) is 23.7 Å². The average molecular weight is 398 g/mol. The van der Waals surface area contributed by atoms with Crippen LogP contribution in [-0.2, 0) is 13.7 Å². The van der Waals surface area contributed by atoms with Crippen molar-refractivity contribution in [3.8, 4) is 5.75 Å². The molecule has 0 atom stereocenters. The van der Waals surface area contributed by atoms with E-state index in [9.17, 15) is 0 Å². The molecule has 0 radical (unpaired) electrons. The first-order valence-electron chi connectivity index (χ1n) is 8.26. The number of aryl methyl sites for hydroxylation is 1. The topological polar surface area (TPSA) is 65.7 Å². The van der Waals surface area contributed by atoms with Crippen LogP contribution in [0.3, 0.4) is 0 Å². The average Bonchev–Trinajstić information content (AvgIpc) is 3.01. The Hall–Kier alpha value is -2.64. The molecule has 27 heavy (non-hydrogen) atoms. The molecule has 2 heterocycles. The summed E-state index contributed by atoms with van der Waals surface area (Å²) in [5.74, 6) is 1.45. The van der Waals surface area contributed by atoms with Gasteiger partial charge in [0.2, 0.25) is 0 Å². The van der Waals surface area contributed by atoms with Crippen molar-refractivity contribution >= 4 is 34.3 Å². The molecule has 2 aromatic carbocycles. The second-order valence-electron chi connectivity index (χ2n) is 6.00. The van der Waals surface area contributed by atoms with Crippen molar-refractivity contribution in [2.24, 2.45) is 7.05 Å². The molecular formula is C19H16ClN5OS. The molecule has 0 amide bonds. The van der Waals surface area contributed by atoms with Crippen molar-refractivity contribution in [3.05, 3.63) is 65.2 Å². The van der Waals surface area contributed by atoms with Crippen LogP contribution < -0.4 is 4.74 Å². The molecule has 0 aliphatic rings. The lowest BCUT2D eigenvalue weighted by Crippen LogP contribution is -2.04. The lowest BCUT2D eigenvalue weighted by molar-refractivity contribution is 0.290. The number of nitrogens with zero attached hydrogens (tertiary/aromatic N) is 5. The fourth-order valence-electron chi connectivity index (χ4n) is 2.55. The Morgan fingerprint density at radius 3 is 2.70 bits per heavy atom. The van der Waals surface area contributed by atoms with E-state index in [1.54, 1.807) is 18.5 Å². The van der Waals surface area contributed by atoms with E-state index in [1.165, 1.54) is 11.8 Å². The molecular weight excluding hydrogens is 382 g/mol. The minimum atomic E-state index is 0.315. The first-order valence-corrected chi connectivity index (χ1v) is 9.45. The first-order chi connectivity index (χ1) is 13.1. The molecule has 0 aliphatic heterocycles. The predicted molar refractivity (Wildman–Crippen MR) is 105 cm³/mol. The van der Waals surface area contributed by atoms with Crippen molar-refractivity contribution in [1.82, 2.24) is 24.7 Å². The highest BCUT2D eigenvalue weighted by Gasteiger charge is 2.14. The van der Waals surface area contributed by atoms with Gasteiger partial charge in [0.1, 0.15) is 23.7 Å². The lowest BCUT2D eigenvalue weighted by Gasteiger charge is -2.07. The van der Waals surface area contributed by atoms with E-state index >= 15 is 0 Å². The van der Waals surface area contributed by atoms with E-state index in [0.29, 0.717) is 11.6 Å². The molecule has 2 aromatic heterocycles. The number of ether oxygens (including phenoxy) is 1. The Labute approximate surface area is 165 Å². The van der Waals surface area contributed by atoms with E-state index in [4.69, 9.17) is 16.3 Å². The van der Waals surface area contributed by atoms with E-state index in [1.807, 2.05) is 35.9 Å². The maximum Gasteiger partial charge on any atom is 0.197 e. The van der Waals surface area contributed by atoms with Crippen molar-refractivity contribution in [2.75, 3.05) is 0 Å². The number of aromatic nitrogens is 5. The summed E-state index contributed by atoms with van der Waals surface area (Å²) in [6.45, 7) is 2.37. The smallest absolute Gasteiger partial charge is 0.197 e. The fraction of sp³-hybridized carbons (Fsp3) is 0.158. The van der Waals surface area contributed by atoms with Gasteiger partial charge in [-0.2, -0.15) is 0 Å². The number of halogens is 1. The van der Waals surface area contributed by atoms with Crippen molar-refractivity contribution in [3.63, 3.8) is 0 Å². The van der Waals surface area contributed by atoms with Crippen LogP contribution in [0.1, 0.15) is 11.4 Å². The summed E-state index contributed by atoms with van der Waals surface area (Å²) in [5.41, 5.74) is 2.07. The highest BCUT2D eigenvalue weighted by Crippen LogP contribution is 2.30. The van der Waals surface area contributed by atoms with Crippen molar-refractivity contribution in [1.29, 1.82) is 0 Å². The zero-order valence-corrected chi connectivity index (χ0v) is 16.3. The van der Waals surface area contributed by atoms with Gasteiger partial charge in [-0.1, -0.05) is 23.2 Å². The summed E-state index contributed by atoms with van der Waals surface area (Å²) in [6, 6.07) is 13.3. The Kier molecular flexibility index (Phi) is 4.96. The van der Waals surface area contributed by atoms with E-state index in [0.717, 1.165) is 38.2 Å². The first kappa shape index (κ1) is 17.8. The molecule has 0 fully saturated rings. The van der Waals surface area contributed by atoms with Gasteiger partial charge in [0.25, 0.3) is 0 Å². The highest BCUT2D eigenvalue weighted by molar-refractivity contribution is 7.99. The molecule has 0 saturated heterocycles. The fourth-order valence-corrected chi connectivity index (χ4v) is 3.55. The summed E-state index contributed by atoms with van der Waals surface area (Å²) in [5, 5.41) is 11.8. The molecule has 0 saturated carbocycles. The standard InChI is InChI=1S/C19H16ClN5OS/c1-12-3-8-16-15(9-12)18(22-11-21-16)27-19-24-23-17(25(19)2)10-26-14-6-4-13(20)5-7-14/h3-9,11H,10H2,1-2H3. The minimum absolute atomic E-state index is 0.315. The Morgan fingerprint density at radius 2 is 1.89 bits per heavy atom. The van der Waals surface area contributed by atoms with Gasteiger partial charge < -0.3 is 9.30 Å². The zero-order chi connectivity index (χ0) is 18.8. The number of fused-ring (bicyclic) bond motifs is 1. The zero-order valence-electron chi connectivity index (χ0n) is 14.8. The molecule has 0 unspecified atom stereocenters. The largest absolute Gasteiger partial charge is 0.486 e. The Bertz CT molecular complexity index is 1100. The molecule has 8 heteroatoms. The van der Waals surface area contributed by atoms with Crippen LogP contribution in [0, 0.1) is 6.92 Å². The third-order valence-corrected chi connectivity index (χ3v) is 5.36. The van der Waals surface area contributed by atoms with E-state index in [-0.39, 0.29) is 0 Å². The van der Waals surface area contributed by atoms with Crippen LogP contribution >= 0.6 is 23.4 Å². The Balaban J connectivity index is 1.54. The number of benzene rings is 2. The van der Waals surface area contributed by atoms with Gasteiger partial charge >= 0.3 is 0 Å². The SMILES string of the molecule is Cc1ccc2ncnc(Sc3nnc(COc4ccc(Cl)cc4)n3C)c2c1. The molecule has 0 N–H and O–H groups in total. The molecule has 0 bridgehead atoms. The summed E-state index contributed by atoms with van der Waals surface area (Å²) in [6.07, 6.45) is 1.57. The second-order valence-corrected chi connectivity index (χ2v) is 7.39. The molecule has 4 aromatic rings. The van der Waals surface area contributed by atoms with Gasteiger partial charge in [0.15, 0.2) is 11.0 Å². The number of hydrogen-bond acceptors (Lipinski definition) is 6. The van der Waals surface area contributed by atoms with Crippen LogP contribution in [-0.4, -0.2) is 24.7 Å². The van der Waals surface area contributed by atoms with Gasteiger partial charge in [-0.05, 0) is 55.1 Å². The quantitative estimate of drug-likeness (QED) is 0.463. The second kappa shape index (κ2) is 7.54. The van der Waals surface area contributed by atoms with Gasteiger partial charge in [-0.15, -0.1) is 10.2 Å².